The molecule has 10 heteroatoms. The van der Waals surface area contributed by atoms with E-state index < -0.39 is 17.6 Å². The van der Waals surface area contributed by atoms with Gasteiger partial charge in [-0.1, -0.05) is 0 Å². The number of aryl methyl sites for hydroxylation is 1. The number of benzene rings is 2. The number of rotatable bonds is 5. The van der Waals surface area contributed by atoms with Crippen LogP contribution in [0.4, 0.5) is 18.9 Å². The summed E-state index contributed by atoms with van der Waals surface area (Å²) in [6.07, 6.45) is -2.78. The standard InChI is InChI=1S/C23H18F3N5O2/c1-14-15(2)31(13-27-14)20-11-12-21(30-29-20)33-19-9-7-18(8-10-19)28-22(32)16-3-5-17(6-4-16)23(24,25)26/h3-13H,1-2H3,(H,28,32). The van der Waals surface area contributed by atoms with E-state index in [1.54, 1.807) is 42.7 Å². The fourth-order valence-corrected chi connectivity index (χ4v) is 2.97. The Labute approximate surface area is 186 Å². The van der Waals surface area contributed by atoms with Crippen LogP contribution in [0, 0.1) is 13.8 Å². The average molecular weight is 453 g/mol. The first kappa shape index (κ1) is 22.0. The number of nitrogens with zero attached hydrogens (tertiary/aromatic N) is 4. The molecule has 1 N–H and O–H groups in total. The third kappa shape index (κ3) is 5.00. The topological polar surface area (TPSA) is 81.9 Å². The number of alkyl halides is 3. The summed E-state index contributed by atoms with van der Waals surface area (Å²) < 4.78 is 45.5. The fourth-order valence-electron chi connectivity index (χ4n) is 2.97. The Kier molecular flexibility index (Phi) is 5.82. The molecule has 4 rings (SSSR count). The van der Waals surface area contributed by atoms with Crippen LogP contribution in [0.1, 0.15) is 27.3 Å². The van der Waals surface area contributed by atoms with E-state index in [4.69, 9.17) is 4.74 Å². The maximum Gasteiger partial charge on any atom is 0.416 e. The number of nitrogens with one attached hydrogen (secondary N) is 1. The van der Waals surface area contributed by atoms with E-state index in [9.17, 15) is 18.0 Å². The number of anilines is 1. The van der Waals surface area contributed by atoms with Crippen LogP contribution in [-0.4, -0.2) is 25.7 Å². The van der Waals surface area contributed by atoms with Crippen molar-refractivity contribution in [2.75, 3.05) is 5.32 Å². The molecule has 33 heavy (non-hydrogen) atoms. The summed E-state index contributed by atoms with van der Waals surface area (Å²) in [6.45, 7) is 3.85. The highest BCUT2D eigenvalue weighted by molar-refractivity contribution is 6.04. The van der Waals surface area contributed by atoms with Gasteiger partial charge >= 0.3 is 6.18 Å². The first-order chi connectivity index (χ1) is 15.7. The summed E-state index contributed by atoms with van der Waals surface area (Å²) in [6, 6.07) is 13.9. The molecule has 0 bridgehead atoms. The van der Waals surface area contributed by atoms with Gasteiger partial charge in [0.05, 0.1) is 11.3 Å². The van der Waals surface area contributed by atoms with Gasteiger partial charge in [0.15, 0.2) is 5.82 Å². The number of aromatic nitrogens is 4. The van der Waals surface area contributed by atoms with E-state index in [0.717, 1.165) is 35.7 Å². The van der Waals surface area contributed by atoms with E-state index in [1.165, 1.54) is 0 Å². The van der Waals surface area contributed by atoms with Crippen molar-refractivity contribution in [3.63, 3.8) is 0 Å². The number of carbonyl (C=O) groups excluding carboxylic acids is 1. The van der Waals surface area contributed by atoms with Gasteiger partial charge in [0.2, 0.25) is 5.88 Å². The zero-order valence-electron chi connectivity index (χ0n) is 17.6. The minimum absolute atomic E-state index is 0.113. The number of carbonyl (C=O) groups is 1. The predicted octanol–water partition coefficient (Wildman–Crippen LogP) is 5.34. The lowest BCUT2D eigenvalue weighted by Gasteiger charge is -2.09. The van der Waals surface area contributed by atoms with Crippen LogP contribution in [0.3, 0.4) is 0 Å². The van der Waals surface area contributed by atoms with Crippen molar-refractivity contribution in [3.8, 4) is 17.4 Å². The SMILES string of the molecule is Cc1ncn(-c2ccc(Oc3ccc(NC(=O)c4ccc(C(F)(F)F)cc4)cc3)nn2)c1C. The number of hydrogen-bond acceptors (Lipinski definition) is 5. The quantitative estimate of drug-likeness (QED) is 0.441. The highest BCUT2D eigenvalue weighted by atomic mass is 19.4. The molecule has 168 valence electrons. The second-order valence-corrected chi connectivity index (χ2v) is 7.17. The molecule has 0 saturated heterocycles. The van der Waals surface area contributed by atoms with E-state index >= 15 is 0 Å². The number of amides is 1. The van der Waals surface area contributed by atoms with Gasteiger partial charge in [-0.15, -0.1) is 10.2 Å². The minimum atomic E-state index is -4.45. The smallest absolute Gasteiger partial charge is 0.416 e. The Morgan fingerprint density at radius 3 is 2.18 bits per heavy atom. The molecule has 2 aromatic heterocycles. The Morgan fingerprint density at radius 2 is 1.64 bits per heavy atom. The predicted molar refractivity (Wildman–Crippen MR) is 115 cm³/mol. The summed E-state index contributed by atoms with van der Waals surface area (Å²) in [5.41, 5.74) is 1.63. The molecule has 0 atom stereocenters. The van der Waals surface area contributed by atoms with Crippen molar-refractivity contribution in [2.24, 2.45) is 0 Å². The van der Waals surface area contributed by atoms with Crippen molar-refractivity contribution < 1.29 is 22.7 Å². The zero-order chi connectivity index (χ0) is 23.6. The van der Waals surface area contributed by atoms with Crippen LogP contribution in [0.2, 0.25) is 0 Å². The molecule has 4 aromatic rings. The Hall–Kier alpha value is -4.21. The van der Waals surface area contributed by atoms with Crippen molar-refractivity contribution in [3.05, 3.63) is 89.5 Å². The molecule has 0 aliphatic carbocycles. The summed E-state index contributed by atoms with van der Waals surface area (Å²) in [7, 11) is 0. The molecule has 0 fully saturated rings. The second kappa shape index (κ2) is 8.73. The molecule has 0 radical (unpaired) electrons. The van der Waals surface area contributed by atoms with Gasteiger partial charge in [0.25, 0.3) is 5.91 Å². The van der Waals surface area contributed by atoms with Crippen molar-refractivity contribution in [1.29, 1.82) is 0 Å². The highest BCUT2D eigenvalue weighted by Crippen LogP contribution is 2.29. The maximum absolute atomic E-state index is 12.7. The van der Waals surface area contributed by atoms with E-state index in [-0.39, 0.29) is 11.4 Å². The van der Waals surface area contributed by atoms with Crippen LogP contribution in [0.5, 0.6) is 11.6 Å². The minimum Gasteiger partial charge on any atom is -0.438 e. The van der Waals surface area contributed by atoms with E-state index in [2.05, 4.69) is 20.5 Å². The van der Waals surface area contributed by atoms with Gasteiger partial charge in [-0.05, 0) is 68.4 Å². The van der Waals surface area contributed by atoms with Gasteiger partial charge in [0.1, 0.15) is 12.1 Å². The molecular formula is C23H18F3N5O2. The molecule has 0 aliphatic heterocycles. The van der Waals surface area contributed by atoms with E-state index in [1.807, 2.05) is 18.4 Å². The van der Waals surface area contributed by atoms with Crippen molar-refractivity contribution in [2.45, 2.75) is 20.0 Å². The van der Waals surface area contributed by atoms with Crippen LogP contribution in [0.15, 0.2) is 67.0 Å². The lowest BCUT2D eigenvalue weighted by Crippen LogP contribution is -2.12. The first-order valence-corrected chi connectivity index (χ1v) is 9.82. The molecule has 7 nitrogen and oxygen atoms in total. The normalized spacial score (nSPS) is 11.3. The first-order valence-electron chi connectivity index (χ1n) is 9.82. The van der Waals surface area contributed by atoms with Crippen LogP contribution >= 0.6 is 0 Å². The van der Waals surface area contributed by atoms with Gasteiger partial charge in [-0.3, -0.25) is 9.36 Å². The zero-order valence-corrected chi connectivity index (χ0v) is 17.6. The van der Waals surface area contributed by atoms with E-state index in [0.29, 0.717) is 17.3 Å². The third-order valence-electron chi connectivity index (χ3n) is 4.93. The summed E-state index contributed by atoms with van der Waals surface area (Å²) in [4.78, 5) is 16.5. The van der Waals surface area contributed by atoms with Gasteiger partial charge in [-0.25, -0.2) is 4.98 Å². The third-order valence-corrected chi connectivity index (χ3v) is 4.93. The Morgan fingerprint density at radius 1 is 0.939 bits per heavy atom. The van der Waals surface area contributed by atoms with Crippen LogP contribution in [0.25, 0.3) is 5.82 Å². The number of hydrogen-bond donors (Lipinski definition) is 1. The van der Waals surface area contributed by atoms with Crippen LogP contribution < -0.4 is 10.1 Å². The number of ether oxygens (including phenoxy) is 1. The largest absolute Gasteiger partial charge is 0.438 e. The molecule has 0 unspecified atom stereocenters. The Balaban J connectivity index is 1.38. The fraction of sp³-hybridized carbons (Fsp3) is 0.130. The molecule has 0 spiro atoms. The van der Waals surface area contributed by atoms with Gasteiger partial charge in [0, 0.05) is 23.0 Å². The molecule has 2 aromatic carbocycles. The lowest BCUT2D eigenvalue weighted by molar-refractivity contribution is -0.137. The maximum atomic E-state index is 12.7. The highest BCUT2D eigenvalue weighted by Gasteiger charge is 2.30. The molecule has 0 saturated carbocycles. The van der Waals surface area contributed by atoms with Crippen molar-refractivity contribution in [1.82, 2.24) is 19.7 Å². The van der Waals surface area contributed by atoms with Crippen molar-refractivity contribution >= 4 is 11.6 Å². The molecular weight excluding hydrogens is 435 g/mol. The molecule has 0 aliphatic rings. The Bertz CT molecular complexity index is 1270. The lowest BCUT2D eigenvalue weighted by atomic mass is 10.1. The number of halogens is 3. The second-order valence-electron chi connectivity index (χ2n) is 7.17. The summed E-state index contributed by atoms with van der Waals surface area (Å²) in [5, 5.41) is 10.8. The van der Waals surface area contributed by atoms with Crippen LogP contribution in [-0.2, 0) is 6.18 Å². The molecule has 2 heterocycles. The van der Waals surface area contributed by atoms with Gasteiger partial charge < -0.3 is 10.1 Å². The summed E-state index contributed by atoms with van der Waals surface area (Å²) >= 11 is 0. The number of imidazole rings is 1. The monoisotopic (exact) mass is 453 g/mol. The summed E-state index contributed by atoms with van der Waals surface area (Å²) in [5.74, 6) is 0.847. The molecule has 1 amide bonds. The van der Waals surface area contributed by atoms with Gasteiger partial charge in [-0.2, -0.15) is 13.2 Å². The average Bonchev–Trinajstić information content (AvgIpc) is 3.13.